The lowest BCUT2D eigenvalue weighted by atomic mass is 10.1. The van der Waals surface area contributed by atoms with E-state index in [2.05, 4.69) is 20.3 Å². The van der Waals surface area contributed by atoms with Crippen LogP contribution in [0.4, 0.5) is 14.7 Å². The SMILES string of the molecule is Cn1cnnc1N1CCC[C@@H]1c1cc(-c2cc(F)ccc2F)on1. The Balaban J connectivity index is 1.67. The van der Waals surface area contributed by atoms with Crippen LogP contribution in [0.25, 0.3) is 11.3 Å². The molecule has 0 unspecified atom stereocenters. The highest BCUT2D eigenvalue weighted by Crippen LogP contribution is 2.36. The molecule has 3 aromatic rings. The fourth-order valence-corrected chi connectivity index (χ4v) is 3.11. The number of aryl methyl sites for hydroxylation is 1. The summed E-state index contributed by atoms with van der Waals surface area (Å²) in [5.41, 5.74) is 0.742. The number of anilines is 1. The Morgan fingerprint density at radius 3 is 2.92 bits per heavy atom. The van der Waals surface area contributed by atoms with Crippen molar-refractivity contribution in [1.82, 2.24) is 19.9 Å². The number of benzene rings is 1. The van der Waals surface area contributed by atoms with E-state index in [0.717, 1.165) is 43.5 Å². The molecule has 0 spiro atoms. The summed E-state index contributed by atoms with van der Waals surface area (Å²) in [7, 11) is 1.88. The molecule has 0 aliphatic carbocycles. The Kier molecular flexibility index (Phi) is 3.51. The second-order valence-corrected chi connectivity index (χ2v) is 5.83. The third-order valence-electron chi connectivity index (χ3n) is 4.26. The molecule has 8 heteroatoms. The van der Waals surface area contributed by atoms with Crippen molar-refractivity contribution in [3.05, 3.63) is 47.9 Å². The number of hydrogen-bond donors (Lipinski definition) is 0. The summed E-state index contributed by atoms with van der Waals surface area (Å²) in [5, 5.41) is 12.1. The van der Waals surface area contributed by atoms with Crippen LogP contribution in [0.5, 0.6) is 0 Å². The van der Waals surface area contributed by atoms with Gasteiger partial charge in [0.2, 0.25) is 5.95 Å². The molecule has 1 aliphatic rings. The van der Waals surface area contributed by atoms with E-state index < -0.39 is 11.6 Å². The Labute approximate surface area is 136 Å². The average Bonchev–Trinajstić information content (AvgIpc) is 3.28. The van der Waals surface area contributed by atoms with Crippen LogP contribution >= 0.6 is 0 Å². The van der Waals surface area contributed by atoms with Crippen LogP contribution < -0.4 is 4.90 Å². The molecule has 2 aromatic heterocycles. The number of halogens is 2. The van der Waals surface area contributed by atoms with E-state index in [-0.39, 0.29) is 17.4 Å². The fourth-order valence-electron chi connectivity index (χ4n) is 3.11. The monoisotopic (exact) mass is 331 g/mol. The summed E-state index contributed by atoms with van der Waals surface area (Å²) in [5.74, 6) is -0.104. The van der Waals surface area contributed by atoms with Crippen LogP contribution in [0.2, 0.25) is 0 Å². The van der Waals surface area contributed by atoms with Crippen LogP contribution in [-0.2, 0) is 7.05 Å². The summed E-state index contributed by atoms with van der Waals surface area (Å²) < 4.78 is 34.4. The topological polar surface area (TPSA) is 60.0 Å². The second kappa shape index (κ2) is 5.70. The Morgan fingerprint density at radius 1 is 1.25 bits per heavy atom. The van der Waals surface area contributed by atoms with Crippen LogP contribution in [0.15, 0.2) is 35.1 Å². The van der Waals surface area contributed by atoms with Gasteiger partial charge in [-0.05, 0) is 31.0 Å². The van der Waals surface area contributed by atoms with Gasteiger partial charge in [-0.3, -0.25) is 0 Å². The lowest BCUT2D eigenvalue weighted by molar-refractivity contribution is 0.413. The third kappa shape index (κ3) is 2.44. The molecule has 1 aromatic carbocycles. The van der Waals surface area contributed by atoms with E-state index >= 15 is 0 Å². The molecule has 1 atom stereocenters. The van der Waals surface area contributed by atoms with Crippen LogP contribution in [0, 0.1) is 11.6 Å². The quantitative estimate of drug-likeness (QED) is 0.738. The first-order valence-electron chi connectivity index (χ1n) is 7.66. The van der Waals surface area contributed by atoms with Crippen molar-refractivity contribution in [3.8, 4) is 11.3 Å². The van der Waals surface area contributed by atoms with Crippen LogP contribution in [0.3, 0.4) is 0 Å². The number of nitrogens with zero attached hydrogens (tertiary/aromatic N) is 5. The van der Waals surface area contributed by atoms with E-state index in [1.807, 2.05) is 11.6 Å². The smallest absolute Gasteiger partial charge is 0.227 e. The predicted molar refractivity (Wildman–Crippen MR) is 82.2 cm³/mol. The predicted octanol–water partition coefficient (Wildman–Crippen LogP) is 3.09. The van der Waals surface area contributed by atoms with Gasteiger partial charge in [-0.2, -0.15) is 0 Å². The van der Waals surface area contributed by atoms with Crippen molar-refractivity contribution in [1.29, 1.82) is 0 Å². The maximum absolute atomic E-state index is 13.9. The second-order valence-electron chi connectivity index (χ2n) is 5.83. The molecule has 0 N–H and O–H groups in total. The van der Waals surface area contributed by atoms with E-state index in [1.54, 1.807) is 12.4 Å². The number of rotatable bonds is 3. The highest BCUT2D eigenvalue weighted by Gasteiger charge is 2.31. The molecular formula is C16H15F2N5O. The lowest BCUT2D eigenvalue weighted by Crippen LogP contribution is -2.25. The van der Waals surface area contributed by atoms with Gasteiger partial charge in [0.15, 0.2) is 5.76 Å². The van der Waals surface area contributed by atoms with E-state index in [9.17, 15) is 8.78 Å². The molecule has 0 radical (unpaired) electrons. The minimum Gasteiger partial charge on any atom is -0.356 e. The molecule has 1 fully saturated rings. The molecule has 0 saturated carbocycles. The summed E-state index contributed by atoms with van der Waals surface area (Å²) in [6, 6.07) is 4.89. The standard InChI is InChI=1S/C16H15F2N5O/c1-22-9-19-20-16(22)23-6-2-3-14(23)13-8-15(24-21-13)11-7-10(17)4-5-12(11)18/h4-5,7-9,14H,2-3,6H2,1H3/t14-/m1/s1. The molecule has 4 rings (SSSR count). The molecule has 1 aliphatic heterocycles. The summed E-state index contributed by atoms with van der Waals surface area (Å²) in [6.45, 7) is 0.827. The van der Waals surface area contributed by atoms with E-state index in [1.165, 1.54) is 0 Å². The molecule has 0 amide bonds. The first-order valence-corrected chi connectivity index (χ1v) is 7.66. The summed E-state index contributed by atoms with van der Waals surface area (Å²) >= 11 is 0. The lowest BCUT2D eigenvalue weighted by Gasteiger charge is -2.22. The fraction of sp³-hybridized carbons (Fsp3) is 0.312. The molecular weight excluding hydrogens is 316 g/mol. The van der Waals surface area contributed by atoms with Crippen molar-refractivity contribution in [3.63, 3.8) is 0 Å². The van der Waals surface area contributed by atoms with E-state index in [4.69, 9.17) is 4.52 Å². The van der Waals surface area contributed by atoms with Gasteiger partial charge in [-0.25, -0.2) is 8.78 Å². The van der Waals surface area contributed by atoms with Crippen LogP contribution in [0.1, 0.15) is 24.6 Å². The Bertz CT molecular complexity index is 875. The van der Waals surface area contributed by atoms with Gasteiger partial charge in [-0.15, -0.1) is 10.2 Å². The van der Waals surface area contributed by atoms with Gasteiger partial charge in [-0.1, -0.05) is 5.16 Å². The minimum absolute atomic E-state index is 0.0259. The maximum Gasteiger partial charge on any atom is 0.227 e. The Hall–Kier alpha value is -2.77. The molecule has 24 heavy (non-hydrogen) atoms. The van der Waals surface area contributed by atoms with Gasteiger partial charge in [0.1, 0.15) is 23.7 Å². The van der Waals surface area contributed by atoms with Gasteiger partial charge in [0.05, 0.1) is 11.6 Å². The third-order valence-corrected chi connectivity index (χ3v) is 4.26. The van der Waals surface area contributed by atoms with Crippen molar-refractivity contribution < 1.29 is 13.3 Å². The molecule has 3 heterocycles. The van der Waals surface area contributed by atoms with Crippen molar-refractivity contribution in [2.24, 2.45) is 7.05 Å². The molecule has 0 bridgehead atoms. The normalized spacial score (nSPS) is 17.6. The van der Waals surface area contributed by atoms with Crippen molar-refractivity contribution in [2.45, 2.75) is 18.9 Å². The highest BCUT2D eigenvalue weighted by molar-refractivity contribution is 5.58. The zero-order valence-electron chi connectivity index (χ0n) is 13.0. The average molecular weight is 331 g/mol. The summed E-state index contributed by atoms with van der Waals surface area (Å²) in [4.78, 5) is 2.09. The molecule has 1 saturated heterocycles. The van der Waals surface area contributed by atoms with Gasteiger partial charge in [0.25, 0.3) is 0 Å². The van der Waals surface area contributed by atoms with Crippen LogP contribution in [-0.4, -0.2) is 26.5 Å². The maximum atomic E-state index is 13.9. The van der Waals surface area contributed by atoms with Crippen molar-refractivity contribution in [2.75, 3.05) is 11.4 Å². The number of hydrogen-bond acceptors (Lipinski definition) is 5. The first kappa shape index (κ1) is 14.8. The Morgan fingerprint density at radius 2 is 2.12 bits per heavy atom. The first-order chi connectivity index (χ1) is 11.6. The largest absolute Gasteiger partial charge is 0.356 e. The zero-order valence-corrected chi connectivity index (χ0v) is 13.0. The minimum atomic E-state index is -0.546. The van der Waals surface area contributed by atoms with E-state index in [0.29, 0.717) is 5.69 Å². The molecule has 124 valence electrons. The van der Waals surface area contributed by atoms with Gasteiger partial charge in [0, 0.05) is 19.7 Å². The zero-order chi connectivity index (χ0) is 16.7. The molecule has 6 nitrogen and oxygen atoms in total. The van der Waals surface area contributed by atoms with Crippen molar-refractivity contribution >= 4 is 5.95 Å². The number of aromatic nitrogens is 4. The van der Waals surface area contributed by atoms with Gasteiger partial charge >= 0.3 is 0 Å². The summed E-state index contributed by atoms with van der Waals surface area (Å²) in [6.07, 6.45) is 3.50. The van der Waals surface area contributed by atoms with Gasteiger partial charge < -0.3 is 14.0 Å². The highest BCUT2D eigenvalue weighted by atomic mass is 19.1.